The first-order chi connectivity index (χ1) is 13.2. The van der Waals surface area contributed by atoms with Gasteiger partial charge in [-0.1, -0.05) is 19.9 Å². The zero-order valence-corrected chi connectivity index (χ0v) is 15.8. The average Bonchev–Trinajstić information content (AvgIpc) is 2.60. The van der Waals surface area contributed by atoms with E-state index in [1.54, 1.807) is 6.07 Å². The quantitative estimate of drug-likeness (QED) is 0.755. The monoisotopic (exact) mass is 385 g/mol. The minimum atomic E-state index is -0.752. The molecule has 2 heterocycles. The van der Waals surface area contributed by atoms with Crippen molar-refractivity contribution in [1.29, 1.82) is 0 Å². The SMILES string of the molecule is CN(C(=O)Oc1ccc(N2C(=O)CC(C)(C)CC2=O)cn1)c1cccc(F)c1. The molecular weight excluding hydrogens is 365 g/mol. The van der Waals surface area contributed by atoms with Crippen LogP contribution in [0, 0.1) is 11.2 Å². The summed E-state index contributed by atoms with van der Waals surface area (Å²) in [6, 6.07) is 8.41. The molecule has 28 heavy (non-hydrogen) atoms. The van der Waals surface area contributed by atoms with Crippen molar-refractivity contribution in [3.05, 3.63) is 48.4 Å². The van der Waals surface area contributed by atoms with E-state index in [1.165, 1.54) is 43.6 Å². The fourth-order valence-corrected chi connectivity index (χ4v) is 2.98. The Morgan fingerprint density at radius 2 is 1.86 bits per heavy atom. The van der Waals surface area contributed by atoms with Crippen molar-refractivity contribution in [2.45, 2.75) is 26.7 Å². The number of benzene rings is 1. The van der Waals surface area contributed by atoms with Crippen molar-refractivity contribution in [1.82, 2.24) is 4.98 Å². The standard InChI is InChI=1S/C20H20FN3O4/c1-20(2)10-17(25)24(18(26)11-20)15-7-8-16(22-12-15)28-19(27)23(3)14-6-4-5-13(21)9-14/h4-9,12H,10-11H2,1-3H3. The minimum absolute atomic E-state index is 0.00533. The van der Waals surface area contributed by atoms with Crippen LogP contribution in [-0.2, 0) is 9.59 Å². The summed E-state index contributed by atoms with van der Waals surface area (Å²) in [5.74, 6) is -1.06. The molecule has 1 aromatic carbocycles. The minimum Gasteiger partial charge on any atom is -0.391 e. The smallest absolute Gasteiger partial charge is 0.391 e. The van der Waals surface area contributed by atoms with Crippen molar-refractivity contribution in [3.63, 3.8) is 0 Å². The normalized spacial score (nSPS) is 16.1. The van der Waals surface area contributed by atoms with E-state index in [9.17, 15) is 18.8 Å². The molecule has 1 aliphatic heterocycles. The molecule has 3 rings (SSSR count). The number of ether oxygens (including phenoxy) is 1. The van der Waals surface area contributed by atoms with Gasteiger partial charge in [0.05, 0.1) is 11.9 Å². The van der Waals surface area contributed by atoms with E-state index < -0.39 is 11.9 Å². The molecule has 1 saturated heterocycles. The van der Waals surface area contributed by atoms with Crippen molar-refractivity contribution in [3.8, 4) is 5.88 Å². The third kappa shape index (κ3) is 4.16. The summed E-state index contributed by atoms with van der Waals surface area (Å²) in [5.41, 5.74) is 0.284. The van der Waals surface area contributed by atoms with Crippen molar-refractivity contribution >= 4 is 29.3 Å². The molecule has 0 aliphatic carbocycles. The lowest BCUT2D eigenvalue weighted by Crippen LogP contribution is -2.46. The number of anilines is 2. The van der Waals surface area contributed by atoms with Gasteiger partial charge in [-0.3, -0.25) is 14.5 Å². The van der Waals surface area contributed by atoms with E-state index in [-0.39, 0.29) is 36.0 Å². The summed E-state index contributed by atoms with van der Waals surface area (Å²) in [6.45, 7) is 3.74. The maximum atomic E-state index is 13.3. The highest BCUT2D eigenvalue weighted by Crippen LogP contribution is 2.34. The second-order valence-electron chi connectivity index (χ2n) is 7.40. The van der Waals surface area contributed by atoms with Gasteiger partial charge in [-0.05, 0) is 29.7 Å². The Labute approximate surface area is 161 Å². The molecule has 1 fully saturated rings. The Balaban J connectivity index is 1.70. The molecule has 146 valence electrons. The zero-order valence-electron chi connectivity index (χ0n) is 15.8. The summed E-state index contributed by atoms with van der Waals surface area (Å²) < 4.78 is 18.5. The predicted octanol–water partition coefficient (Wildman–Crippen LogP) is 3.54. The number of carbonyl (C=O) groups is 3. The molecule has 0 bridgehead atoms. The molecule has 3 amide bonds. The molecule has 2 aromatic rings. The number of aromatic nitrogens is 1. The Kier molecular flexibility index (Phi) is 5.13. The van der Waals surface area contributed by atoms with E-state index in [2.05, 4.69) is 4.98 Å². The van der Waals surface area contributed by atoms with E-state index in [1.807, 2.05) is 13.8 Å². The van der Waals surface area contributed by atoms with Crippen LogP contribution in [0.15, 0.2) is 42.6 Å². The van der Waals surface area contributed by atoms with E-state index in [4.69, 9.17) is 4.74 Å². The number of pyridine rings is 1. The third-order valence-electron chi connectivity index (χ3n) is 4.40. The van der Waals surface area contributed by atoms with Crippen LogP contribution in [0.2, 0.25) is 0 Å². The summed E-state index contributed by atoms with van der Waals surface area (Å²) in [5, 5.41) is 0. The van der Waals surface area contributed by atoms with Gasteiger partial charge < -0.3 is 4.74 Å². The van der Waals surface area contributed by atoms with Crippen LogP contribution in [0.25, 0.3) is 0 Å². The summed E-state index contributed by atoms with van der Waals surface area (Å²) in [6.07, 6.45) is 1.07. The van der Waals surface area contributed by atoms with Gasteiger partial charge in [0.15, 0.2) is 0 Å². The number of hydrogen-bond acceptors (Lipinski definition) is 5. The van der Waals surface area contributed by atoms with Gasteiger partial charge in [-0.25, -0.2) is 19.1 Å². The Morgan fingerprint density at radius 3 is 2.43 bits per heavy atom. The first kappa shape index (κ1) is 19.5. The lowest BCUT2D eigenvalue weighted by Gasteiger charge is -2.34. The number of rotatable bonds is 3. The second-order valence-corrected chi connectivity index (χ2v) is 7.40. The van der Waals surface area contributed by atoms with Crippen molar-refractivity contribution in [2.24, 2.45) is 5.41 Å². The van der Waals surface area contributed by atoms with E-state index in [0.29, 0.717) is 11.4 Å². The zero-order chi connectivity index (χ0) is 20.5. The van der Waals surface area contributed by atoms with Crippen molar-refractivity contribution in [2.75, 3.05) is 16.8 Å². The number of piperidine rings is 1. The molecule has 7 nitrogen and oxygen atoms in total. The highest BCUT2D eigenvalue weighted by molar-refractivity contribution is 6.16. The van der Waals surface area contributed by atoms with Crippen molar-refractivity contribution < 1.29 is 23.5 Å². The van der Waals surface area contributed by atoms with Crippen LogP contribution in [0.1, 0.15) is 26.7 Å². The summed E-state index contributed by atoms with van der Waals surface area (Å²) in [7, 11) is 1.44. The second kappa shape index (κ2) is 7.38. The summed E-state index contributed by atoms with van der Waals surface area (Å²) in [4.78, 5) is 43.1. The molecule has 8 heteroatoms. The number of carbonyl (C=O) groups excluding carboxylic acids is 3. The van der Waals surface area contributed by atoms with Gasteiger partial charge >= 0.3 is 6.09 Å². The average molecular weight is 385 g/mol. The molecule has 0 spiro atoms. The molecule has 0 atom stereocenters. The maximum absolute atomic E-state index is 13.3. The number of amides is 3. The highest BCUT2D eigenvalue weighted by atomic mass is 19.1. The number of imide groups is 1. The number of nitrogens with zero attached hydrogens (tertiary/aromatic N) is 3. The molecule has 0 radical (unpaired) electrons. The fourth-order valence-electron chi connectivity index (χ4n) is 2.98. The molecular formula is C20H20FN3O4. The number of halogens is 1. The Hall–Kier alpha value is -3.29. The lowest BCUT2D eigenvalue weighted by atomic mass is 9.81. The first-order valence-corrected chi connectivity index (χ1v) is 8.69. The van der Waals surface area contributed by atoms with Crippen LogP contribution in [-0.4, -0.2) is 29.9 Å². The van der Waals surface area contributed by atoms with Crippen LogP contribution in [0.3, 0.4) is 0 Å². The van der Waals surface area contributed by atoms with Crippen LogP contribution < -0.4 is 14.5 Å². The van der Waals surface area contributed by atoms with Gasteiger partial charge in [0.25, 0.3) is 0 Å². The predicted molar refractivity (Wildman–Crippen MR) is 101 cm³/mol. The Bertz CT molecular complexity index is 907. The van der Waals surface area contributed by atoms with Crippen LogP contribution in [0.5, 0.6) is 5.88 Å². The molecule has 1 aromatic heterocycles. The topological polar surface area (TPSA) is 79.8 Å². The highest BCUT2D eigenvalue weighted by Gasteiger charge is 2.38. The summed E-state index contributed by atoms with van der Waals surface area (Å²) >= 11 is 0. The van der Waals surface area contributed by atoms with Gasteiger partial charge in [-0.2, -0.15) is 0 Å². The lowest BCUT2D eigenvalue weighted by molar-refractivity contribution is -0.132. The fraction of sp³-hybridized carbons (Fsp3) is 0.300. The first-order valence-electron chi connectivity index (χ1n) is 8.69. The van der Waals surface area contributed by atoms with Gasteiger partial charge in [-0.15, -0.1) is 0 Å². The van der Waals surface area contributed by atoms with Gasteiger partial charge in [0, 0.05) is 31.6 Å². The maximum Gasteiger partial charge on any atom is 0.420 e. The number of hydrogen-bond donors (Lipinski definition) is 0. The van der Waals surface area contributed by atoms with Gasteiger partial charge in [0.2, 0.25) is 17.7 Å². The van der Waals surface area contributed by atoms with E-state index in [0.717, 1.165) is 9.80 Å². The van der Waals surface area contributed by atoms with Crippen LogP contribution in [0.4, 0.5) is 20.6 Å². The molecule has 0 unspecified atom stereocenters. The Morgan fingerprint density at radius 1 is 1.18 bits per heavy atom. The molecule has 1 aliphatic rings. The van der Waals surface area contributed by atoms with E-state index >= 15 is 0 Å². The third-order valence-corrected chi connectivity index (χ3v) is 4.40. The van der Waals surface area contributed by atoms with Gasteiger partial charge in [0.1, 0.15) is 5.82 Å². The molecule has 0 saturated carbocycles. The van der Waals surface area contributed by atoms with Crippen LogP contribution >= 0.6 is 0 Å². The molecule has 0 N–H and O–H groups in total. The largest absolute Gasteiger partial charge is 0.420 e.